The first kappa shape index (κ1) is 13.0. The van der Waals surface area contributed by atoms with E-state index in [0.717, 1.165) is 13.0 Å². The number of hydrogen-bond acceptors (Lipinski definition) is 2. The van der Waals surface area contributed by atoms with Crippen LogP contribution in [0, 0.1) is 0 Å². The van der Waals surface area contributed by atoms with Crippen LogP contribution in [-0.2, 0) is 11.2 Å². The smallest absolute Gasteiger partial charge is 0.232 e. The monoisotopic (exact) mass is 259 g/mol. The van der Waals surface area contributed by atoms with Crippen molar-refractivity contribution in [1.82, 2.24) is 4.90 Å². The molecule has 2 nitrogen and oxygen atoms in total. The lowest BCUT2D eigenvalue weighted by atomic mass is 10.0. The normalized spacial score (nSPS) is 10.6. The van der Waals surface area contributed by atoms with E-state index < -0.39 is 0 Å². The van der Waals surface area contributed by atoms with E-state index in [1.54, 1.807) is 4.90 Å². The van der Waals surface area contributed by atoms with Gasteiger partial charge in [0.15, 0.2) is 0 Å². The Morgan fingerprint density at radius 1 is 1.17 bits per heavy atom. The van der Waals surface area contributed by atoms with E-state index in [1.807, 2.05) is 13.1 Å². The third kappa shape index (κ3) is 2.85. The molecule has 18 heavy (non-hydrogen) atoms. The van der Waals surface area contributed by atoms with Gasteiger partial charge in [-0.1, -0.05) is 42.5 Å². The summed E-state index contributed by atoms with van der Waals surface area (Å²) in [5.41, 5.74) is 1.28. The van der Waals surface area contributed by atoms with Crippen LogP contribution >= 0.6 is 12.6 Å². The molecule has 2 aromatic carbocycles. The quantitative estimate of drug-likeness (QED) is 0.837. The second-order valence-electron chi connectivity index (χ2n) is 4.36. The summed E-state index contributed by atoms with van der Waals surface area (Å²) < 4.78 is 0. The van der Waals surface area contributed by atoms with Crippen molar-refractivity contribution in [3.8, 4) is 0 Å². The summed E-state index contributed by atoms with van der Waals surface area (Å²) >= 11 is 4.00. The topological polar surface area (TPSA) is 20.3 Å². The molecule has 0 spiro atoms. The van der Waals surface area contributed by atoms with E-state index in [-0.39, 0.29) is 11.7 Å². The largest absolute Gasteiger partial charge is 0.345 e. The number of likely N-dealkylation sites (N-methyl/N-ethyl adjacent to an activating group) is 1. The second kappa shape index (κ2) is 5.91. The number of amides is 1. The zero-order chi connectivity index (χ0) is 13.0. The van der Waals surface area contributed by atoms with Gasteiger partial charge >= 0.3 is 0 Å². The Morgan fingerprint density at radius 2 is 1.89 bits per heavy atom. The Hall–Kier alpha value is -1.48. The minimum Gasteiger partial charge on any atom is -0.345 e. The number of fused-ring (bicyclic) bond motifs is 1. The molecule has 0 heterocycles. The molecule has 0 aliphatic heterocycles. The molecular formula is C15H17NOS. The first-order valence-corrected chi connectivity index (χ1v) is 6.67. The number of carbonyl (C=O) groups is 1. The molecule has 0 atom stereocenters. The van der Waals surface area contributed by atoms with Crippen LogP contribution in [0.1, 0.15) is 5.56 Å². The van der Waals surface area contributed by atoms with Crippen LogP contribution in [0.3, 0.4) is 0 Å². The van der Waals surface area contributed by atoms with E-state index in [4.69, 9.17) is 0 Å². The van der Waals surface area contributed by atoms with Crippen molar-refractivity contribution in [3.63, 3.8) is 0 Å². The number of benzene rings is 2. The van der Waals surface area contributed by atoms with Gasteiger partial charge in [0.1, 0.15) is 0 Å². The Morgan fingerprint density at radius 3 is 2.67 bits per heavy atom. The fraction of sp³-hybridized carbons (Fsp3) is 0.267. The van der Waals surface area contributed by atoms with Crippen molar-refractivity contribution in [2.45, 2.75) is 6.42 Å². The van der Waals surface area contributed by atoms with Crippen LogP contribution in [0.4, 0.5) is 0 Å². The van der Waals surface area contributed by atoms with E-state index in [0.29, 0.717) is 0 Å². The van der Waals surface area contributed by atoms with Crippen molar-refractivity contribution in [3.05, 3.63) is 48.0 Å². The summed E-state index contributed by atoms with van der Waals surface area (Å²) in [5, 5.41) is 2.52. The van der Waals surface area contributed by atoms with E-state index in [1.165, 1.54) is 16.3 Å². The average Bonchev–Trinajstić information content (AvgIpc) is 2.43. The third-order valence-corrected chi connectivity index (χ3v) is 3.43. The molecule has 2 rings (SSSR count). The first-order chi connectivity index (χ1) is 8.72. The first-order valence-electron chi connectivity index (χ1n) is 6.04. The van der Waals surface area contributed by atoms with Gasteiger partial charge in [-0.2, -0.15) is 12.6 Å². The summed E-state index contributed by atoms with van der Waals surface area (Å²) in [7, 11) is 1.82. The zero-order valence-electron chi connectivity index (χ0n) is 10.5. The van der Waals surface area contributed by atoms with Crippen LogP contribution in [0.15, 0.2) is 42.5 Å². The summed E-state index contributed by atoms with van der Waals surface area (Å²) in [6, 6.07) is 14.6. The fourth-order valence-corrected chi connectivity index (χ4v) is 2.29. The zero-order valence-corrected chi connectivity index (χ0v) is 11.4. The summed E-state index contributed by atoms with van der Waals surface area (Å²) in [6.45, 7) is 0.730. The molecule has 94 valence electrons. The van der Waals surface area contributed by atoms with Crippen molar-refractivity contribution in [1.29, 1.82) is 0 Å². The molecule has 0 N–H and O–H groups in total. The van der Waals surface area contributed by atoms with Crippen LogP contribution in [0.5, 0.6) is 0 Å². The Balaban J connectivity index is 2.15. The maximum Gasteiger partial charge on any atom is 0.232 e. The summed E-state index contributed by atoms with van der Waals surface area (Å²) in [5.74, 6) is 0.338. The van der Waals surface area contributed by atoms with E-state index in [9.17, 15) is 4.79 Å². The molecule has 0 saturated heterocycles. The van der Waals surface area contributed by atoms with Gasteiger partial charge in [-0.05, 0) is 22.8 Å². The van der Waals surface area contributed by atoms with E-state index in [2.05, 4.69) is 49.0 Å². The maximum atomic E-state index is 11.4. The van der Waals surface area contributed by atoms with Gasteiger partial charge in [0, 0.05) is 13.6 Å². The van der Waals surface area contributed by atoms with Crippen LogP contribution in [0.2, 0.25) is 0 Å². The van der Waals surface area contributed by atoms with Crippen molar-refractivity contribution in [2.75, 3.05) is 19.3 Å². The molecule has 0 bridgehead atoms. The molecule has 0 fully saturated rings. The number of carbonyl (C=O) groups excluding carboxylic acids is 1. The molecule has 0 unspecified atom stereocenters. The van der Waals surface area contributed by atoms with Crippen molar-refractivity contribution in [2.24, 2.45) is 0 Å². The average molecular weight is 259 g/mol. The van der Waals surface area contributed by atoms with Crippen molar-refractivity contribution >= 4 is 29.3 Å². The lowest BCUT2D eigenvalue weighted by Gasteiger charge is -2.16. The Bertz CT molecular complexity index is 548. The predicted molar refractivity (Wildman–Crippen MR) is 79.1 cm³/mol. The molecular weight excluding hydrogens is 242 g/mol. The number of thiol groups is 1. The van der Waals surface area contributed by atoms with Gasteiger partial charge in [0.25, 0.3) is 0 Å². The van der Waals surface area contributed by atoms with Gasteiger partial charge in [-0.15, -0.1) is 0 Å². The van der Waals surface area contributed by atoms with Gasteiger partial charge in [0.2, 0.25) is 5.91 Å². The standard InChI is InChI=1S/C15H17NOS/c1-16(15(17)11-18)10-9-13-7-4-6-12-5-2-3-8-14(12)13/h2-8,18H,9-11H2,1H3. The summed E-state index contributed by atoms with van der Waals surface area (Å²) in [4.78, 5) is 13.2. The van der Waals surface area contributed by atoms with E-state index >= 15 is 0 Å². The number of rotatable bonds is 4. The highest BCUT2D eigenvalue weighted by Gasteiger charge is 2.07. The lowest BCUT2D eigenvalue weighted by Crippen LogP contribution is -2.29. The fourth-order valence-electron chi connectivity index (χ4n) is 2.04. The van der Waals surface area contributed by atoms with Gasteiger partial charge in [-0.25, -0.2) is 0 Å². The molecule has 0 aliphatic rings. The lowest BCUT2D eigenvalue weighted by molar-refractivity contribution is -0.127. The number of hydrogen-bond donors (Lipinski definition) is 1. The van der Waals surface area contributed by atoms with Crippen LogP contribution in [0.25, 0.3) is 10.8 Å². The molecule has 0 aromatic heterocycles. The van der Waals surface area contributed by atoms with Crippen LogP contribution < -0.4 is 0 Å². The minimum absolute atomic E-state index is 0.0681. The molecule has 0 saturated carbocycles. The molecule has 1 amide bonds. The molecule has 2 aromatic rings. The SMILES string of the molecule is CN(CCc1cccc2ccccc12)C(=O)CS. The van der Waals surface area contributed by atoms with Gasteiger partial charge in [-0.3, -0.25) is 4.79 Å². The third-order valence-electron chi connectivity index (χ3n) is 3.16. The molecule has 0 aliphatic carbocycles. The highest BCUT2D eigenvalue weighted by atomic mass is 32.1. The molecule has 3 heteroatoms. The van der Waals surface area contributed by atoms with Gasteiger partial charge in [0.05, 0.1) is 5.75 Å². The second-order valence-corrected chi connectivity index (χ2v) is 4.68. The predicted octanol–water partition coefficient (Wildman–Crippen LogP) is 2.77. The number of nitrogens with zero attached hydrogens (tertiary/aromatic N) is 1. The maximum absolute atomic E-state index is 11.4. The highest BCUT2D eigenvalue weighted by Crippen LogP contribution is 2.18. The highest BCUT2D eigenvalue weighted by molar-refractivity contribution is 7.81. The summed E-state index contributed by atoms with van der Waals surface area (Å²) in [6.07, 6.45) is 0.872. The van der Waals surface area contributed by atoms with Gasteiger partial charge < -0.3 is 4.90 Å². The van der Waals surface area contributed by atoms with Crippen molar-refractivity contribution < 1.29 is 4.79 Å². The van der Waals surface area contributed by atoms with Crippen LogP contribution in [-0.4, -0.2) is 30.2 Å². The minimum atomic E-state index is 0.0681. The Labute approximate surface area is 113 Å². The molecule has 0 radical (unpaired) electrons. The Kier molecular flexibility index (Phi) is 4.26.